The van der Waals surface area contributed by atoms with Crippen molar-refractivity contribution in [2.24, 2.45) is 0 Å². The van der Waals surface area contributed by atoms with Gasteiger partial charge in [0.05, 0.1) is 11.5 Å². The molecule has 2 atom stereocenters. The Morgan fingerprint density at radius 2 is 1.71 bits per heavy atom. The molecular weight excluding hydrogens is 348 g/mol. The summed E-state index contributed by atoms with van der Waals surface area (Å²) in [6, 6.07) is 21.8. The summed E-state index contributed by atoms with van der Waals surface area (Å²) < 4.78 is 0. The molecule has 1 aliphatic rings. The number of anilines is 1. The summed E-state index contributed by atoms with van der Waals surface area (Å²) in [5.74, 6) is -0.164. The minimum Gasteiger partial charge on any atom is -0.350 e. The van der Waals surface area contributed by atoms with Crippen LogP contribution in [0.2, 0.25) is 0 Å². The van der Waals surface area contributed by atoms with Crippen molar-refractivity contribution in [2.45, 2.75) is 31.7 Å². The molecule has 4 rings (SSSR count). The molecule has 3 aromatic carbocycles. The van der Waals surface area contributed by atoms with Crippen LogP contribution in [-0.4, -0.2) is 18.9 Å². The van der Waals surface area contributed by atoms with Crippen LogP contribution in [0.4, 0.5) is 5.69 Å². The molecule has 1 aliphatic heterocycles. The molecule has 0 saturated carbocycles. The van der Waals surface area contributed by atoms with Crippen LogP contribution in [-0.2, 0) is 15.0 Å². The monoisotopic (exact) mass is 372 g/mol. The topological polar surface area (TPSA) is 49.4 Å². The van der Waals surface area contributed by atoms with Gasteiger partial charge in [0.1, 0.15) is 0 Å². The molecule has 2 amide bonds. The molecule has 0 aliphatic carbocycles. The Hall–Kier alpha value is -3.14. The number of carbonyl (C=O) groups excluding carboxylic acids is 2. The maximum absolute atomic E-state index is 12.9. The molecule has 0 saturated heterocycles. The first-order chi connectivity index (χ1) is 13.4. The third kappa shape index (κ3) is 2.85. The molecular formula is C24H24N2O2. The third-order valence-corrected chi connectivity index (χ3v) is 5.82. The van der Waals surface area contributed by atoms with E-state index in [4.69, 9.17) is 0 Å². The number of carbonyl (C=O) groups is 2. The van der Waals surface area contributed by atoms with Gasteiger partial charge in [-0.3, -0.25) is 9.59 Å². The van der Waals surface area contributed by atoms with Gasteiger partial charge in [-0.05, 0) is 41.8 Å². The fourth-order valence-electron chi connectivity index (χ4n) is 4.32. The van der Waals surface area contributed by atoms with Crippen LogP contribution in [0.15, 0.2) is 66.7 Å². The van der Waals surface area contributed by atoms with Crippen LogP contribution >= 0.6 is 0 Å². The van der Waals surface area contributed by atoms with E-state index in [0.29, 0.717) is 0 Å². The first-order valence-electron chi connectivity index (χ1n) is 9.56. The molecule has 0 aromatic heterocycles. The summed E-state index contributed by atoms with van der Waals surface area (Å²) in [5, 5.41) is 5.38. The number of hydrogen-bond acceptors (Lipinski definition) is 2. The molecule has 4 heteroatoms. The van der Waals surface area contributed by atoms with Crippen molar-refractivity contribution < 1.29 is 9.59 Å². The van der Waals surface area contributed by atoms with Gasteiger partial charge < -0.3 is 10.2 Å². The lowest BCUT2D eigenvalue weighted by Crippen LogP contribution is -2.41. The van der Waals surface area contributed by atoms with Crippen molar-refractivity contribution in [3.63, 3.8) is 0 Å². The second-order valence-electron chi connectivity index (χ2n) is 7.75. The summed E-state index contributed by atoms with van der Waals surface area (Å²) in [6.07, 6.45) is 0.127. The highest BCUT2D eigenvalue weighted by Gasteiger charge is 2.47. The number of para-hydroxylation sites is 1. The molecule has 0 unspecified atom stereocenters. The summed E-state index contributed by atoms with van der Waals surface area (Å²) in [7, 11) is 1.77. The van der Waals surface area contributed by atoms with Gasteiger partial charge in [-0.15, -0.1) is 0 Å². The van der Waals surface area contributed by atoms with Gasteiger partial charge in [0.25, 0.3) is 0 Å². The van der Waals surface area contributed by atoms with Crippen LogP contribution in [0.3, 0.4) is 0 Å². The van der Waals surface area contributed by atoms with Crippen LogP contribution in [0.25, 0.3) is 10.8 Å². The summed E-state index contributed by atoms with van der Waals surface area (Å²) >= 11 is 0. The lowest BCUT2D eigenvalue weighted by molar-refractivity contribution is -0.129. The number of nitrogens with one attached hydrogen (secondary N) is 1. The standard InChI is InChI=1S/C24H24N2O2/c1-16(18-12-8-10-17-9-4-5-11-19(17)18)25-22(27)15-24(2)20-13-6-7-14-21(20)26(3)23(24)28/h4-14,16H,15H2,1-3H3,(H,25,27)/t16-,24+/m1/s1. The largest absolute Gasteiger partial charge is 0.350 e. The van der Waals surface area contributed by atoms with Crippen molar-refractivity contribution in [1.82, 2.24) is 5.32 Å². The van der Waals surface area contributed by atoms with Crippen molar-refractivity contribution >= 4 is 28.3 Å². The van der Waals surface area contributed by atoms with Gasteiger partial charge in [0.15, 0.2) is 0 Å². The lowest BCUT2D eigenvalue weighted by Gasteiger charge is -2.24. The zero-order valence-corrected chi connectivity index (χ0v) is 16.4. The normalized spacial score (nSPS) is 19.5. The second-order valence-corrected chi connectivity index (χ2v) is 7.75. The molecule has 28 heavy (non-hydrogen) atoms. The Morgan fingerprint density at radius 1 is 1.04 bits per heavy atom. The SMILES string of the molecule is C[C@@H](NC(=O)C[C@]1(C)C(=O)N(C)c2ccccc21)c1cccc2ccccc12. The van der Waals surface area contributed by atoms with Crippen molar-refractivity contribution in [3.8, 4) is 0 Å². The minimum atomic E-state index is -0.839. The fourth-order valence-corrected chi connectivity index (χ4v) is 4.32. The van der Waals surface area contributed by atoms with E-state index in [1.807, 2.05) is 62.4 Å². The molecule has 0 spiro atoms. The van der Waals surface area contributed by atoms with Crippen molar-refractivity contribution in [1.29, 1.82) is 0 Å². The molecule has 0 radical (unpaired) electrons. The molecule has 0 fully saturated rings. The molecule has 1 N–H and O–H groups in total. The van der Waals surface area contributed by atoms with Gasteiger partial charge in [-0.2, -0.15) is 0 Å². The number of fused-ring (bicyclic) bond motifs is 2. The van der Waals surface area contributed by atoms with E-state index in [1.165, 1.54) is 0 Å². The number of benzene rings is 3. The predicted octanol–water partition coefficient (Wildman–Crippen LogP) is 4.34. The van der Waals surface area contributed by atoms with Gasteiger partial charge in [-0.25, -0.2) is 0 Å². The van der Waals surface area contributed by atoms with E-state index < -0.39 is 5.41 Å². The first kappa shape index (κ1) is 18.2. The Kier molecular flexibility index (Phi) is 4.42. The van der Waals surface area contributed by atoms with Gasteiger partial charge >= 0.3 is 0 Å². The predicted molar refractivity (Wildman–Crippen MR) is 112 cm³/mol. The highest BCUT2D eigenvalue weighted by atomic mass is 16.2. The molecule has 142 valence electrons. The zero-order valence-electron chi connectivity index (χ0n) is 16.4. The number of nitrogens with zero attached hydrogens (tertiary/aromatic N) is 1. The Bertz CT molecular complexity index is 1070. The van der Waals surface area contributed by atoms with E-state index >= 15 is 0 Å². The molecule has 1 heterocycles. The maximum atomic E-state index is 12.9. The highest BCUT2D eigenvalue weighted by molar-refractivity contribution is 6.09. The van der Waals surface area contributed by atoms with E-state index in [-0.39, 0.29) is 24.3 Å². The van der Waals surface area contributed by atoms with E-state index in [1.54, 1.807) is 11.9 Å². The van der Waals surface area contributed by atoms with Crippen LogP contribution in [0, 0.1) is 0 Å². The number of amides is 2. The number of likely N-dealkylation sites (N-methyl/N-ethyl adjacent to an activating group) is 1. The summed E-state index contributed by atoms with van der Waals surface area (Å²) in [4.78, 5) is 27.4. The smallest absolute Gasteiger partial charge is 0.237 e. The van der Waals surface area contributed by atoms with Gasteiger partial charge in [-0.1, -0.05) is 60.7 Å². The minimum absolute atomic E-state index is 0.0401. The Balaban J connectivity index is 1.57. The van der Waals surface area contributed by atoms with Gasteiger partial charge in [0, 0.05) is 19.2 Å². The van der Waals surface area contributed by atoms with Crippen LogP contribution in [0.1, 0.15) is 37.4 Å². The quantitative estimate of drug-likeness (QED) is 0.741. The molecule has 4 nitrogen and oxygen atoms in total. The maximum Gasteiger partial charge on any atom is 0.237 e. The Labute approximate surface area is 165 Å². The average molecular weight is 372 g/mol. The summed E-state index contributed by atoms with van der Waals surface area (Å²) in [6.45, 7) is 3.85. The third-order valence-electron chi connectivity index (χ3n) is 5.82. The van der Waals surface area contributed by atoms with Crippen LogP contribution in [0.5, 0.6) is 0 Å². The first-order valence-corrected chi connectivity index (χ1v) is 9.56. The Morgan fingerprint density at radius 3 is 2.54 bits per heavy atom. The lowest BCUT2D eigenvalue weighted by atomic mass is 9.80. The van der Waals surface area contributed by atoms with Crippen molar-refractivity contribution in [3.05, 3.63) is 77.9 Å². The van der Waals surface area contributed by atoms with Crippen LogP contribution < -0.4 is 10.2 Å². The number of rotatable bonds is 4. The summed E-state index contributed by atoms with van der Waals surface area (Å²) in [5.41, 5.74) is 2.03. The zero-order chi connectivity index (χ0) is 19.9. The molecule has 0 bridgehead atoms. The molecule has 3 aromatic rings. The van der Waals surface area contributed by atoms with Gasteiger partial charge in [0.2, 0.25) is 11.8 Å². The fraction of sp³-hybridized carbons (Fsp3) is 0.250. The van der Waals surface area contributed by atoms with E-state index in [0.717, 1.165) is 27.6 Å². The number of hydrogen-bond donors (Lipinski definition) is 1. The highest BCUT2D eigenvalue weighted by Crippen LogP contribution is 2.43. The second kappa shape index (κ2) is 6.79. The van der Waals surface area contributed by atoms with E-state index in [9.17, 15) is 9.59 Å². The van der Waals surface area contributed by atoms with E-state index in [2.05, 4.69) is 23.5 Å². The van der Waals surface area contributed by atoms with Crippen molar-refractivity contribution in [2.75, 3.05) is 11.9 Å². The average Bonchev–Trinajstić information content (AvgIpc) is 2.89.